The summed E-state index contributed by atoms with van der Waals surface area (Å²) in [6.45, 7) is 5.04. The summed E-state index contributed by atoms with van der Waals surface area (Å²) in [7, 11) is 0. The highest BCUT2D eigenvalue weighted by molar-refractivity contribution is 8.13. The van der Waals surface area contributed by atoms with Crippen LogP contribution in [0.5, 0.6) is 5.75 Å². The molecule has 120 valence electrons. The summed E-state index contributed by atoms with van der Waals surface area (Å²) in [5.41, 5.74) is 4.66. The van der Waals surface area contributed by atoms with Crippen LogP contribution in [0.25, 0.3) is 0 Å². The monoisotopic (exact) mass is 326 g/mol. The molecule has 0 unspecified atom stereocenters. The van der Waals surface area contributed by atoms with E-state index in [9.17, 15) is 0 Å². The molecular weight excluding hydrogens is 304 g/mol. The van der Waals surface area contributed by atoms with E-state index >= 15 is 0 Å². The topological polar surface area (TPSA) is 34.5 Å². The van der Waals surface area contributed by atoms with Gasteiger partial charge in [-0.3, -0.25) is 4.98 Å². The molecule has 2 aromatic rings. The maximum atomic E-state index is 5.86. The summed E-state index contributed by atoms with van der Waals surface area (Å²) in [6, 6.07) is 10.3. The Morgan fingerprint density at radius 3 is 2.91 bits per heavy atom. The van der Waals surface area contributed by atoms with E-state index in [-0.39, 0.29) is 0 Å². The van der Waals surface area contributed by atoms with Gasteiger partial charge in [-0.25, -0.2) is 4.99 Å². The predicted molar refractivity (Wildman–Crippen MR) is 97.9 cm³/mol. The number of pyridine rings is 1. The van der Waals surface area contributed by atoms with E-state index in [0.717, 1.165) is 54.3 Å². The quantitative estimate of drug-likeness (QED) is 0.694. The maximum absolute atomic E-state index is 5.86. The van der Waals surface area contributed by atoms with Crippen LogP contribution in [0.3, 0.4) is 0 Å². The molecular formula is C19H22N2OS. The average Bonchev–Trinajstić information content (AvgIpc) is 2.98. The first-order valence-electron chi connectivity index (χ1n) is 8.13. The largest absolute Gasteiger partial charge is 0.493 e. The third-order valence-corrected chi connectivity index (χ3v) is 4.95. The second kappa shape index (κ2) is 7.64. The Kier molecular flexibility index (Phi) is 5.34. The molecule has 1 aliphatic rings. The van der Waals surface area contributed by atoms with Gasteiger partial charge < -0.3 is 4.74 Å². The lowest BCUT2D eigenvalue weighted by Gasteiger charge is -2.11. The molecule has 2 heterocycles. The summed E-state index contributed by atoms with van der Waals surface area (Å²) in [6.07, 6.45) is 5.01. The SMILES string of the molecule is CCCCOc1ccnc(CSC2=Nc3ccccc3C2)c1C. The van der Waals surface area contributed by atoms with Crippen LogP contribution in [-0.2, 0) is 12.2 Å². The Bertz CT molecular complexity index is 712. The molecule has 3 rings (SSSR count). The second-order valence-electron chi connectivity index (χ2n) is 5.68. The first-order valence-corrected chi connectivity index (χ1v) is 9.12. The lowest BCUT2D eigenvalue weighted by Crippen LogP contribution is -2.02. The van der Waals surface area contributed by atoms with Gasteiger partial charge in [-0.1, -0.05) is 31.5 Å². The Morgan fingerprint density at radius 1 is 1.22 bits per heavy atom. The highest BCUT2D eigenvalue weighted by Gasteiger charge is 2.15. The molecule has 0 radical (unpaired) electrons. The standard InChI is InChI=1S/C19H22N2OS/c1-3-4-11-22-18-9-10-20-17(14(18)2)13-23-19-12-15-7-5-6-8-16(15)21-19/h5-10H,3-4,11-13H2,1-2H3. The van der Waals surface area contributed by atoms with Crippen molar-refractivity contribution in [3.05, 3.63) is 53.3 Å². The van der Waals surface area contributed by atoms with Crippen LogP contribution < -0.4 is 4.74 Å². The number of hydrogen-bond acceptors (Lipinski definition) is 4. The zero-order chi connectivity index (χ0) is 16.1. The molecule has 4 heteroatoms. The fraction of sp³-hybridized carbons (Fsp3) is 0.368. The molecule has 0 aliphatic carbocycles. The summed E-state index contributed by atoms with van der Waals surface area (Å²) in [4.78, 5) is 9.22. The Morgan fingerprint density at radius 2 is 2.09 bits per heavy atom. The Balaban J connectivity index is 1.62. The summed E-state index contributed by atoms with van der Waals surface area (Å²) < 4.78 is 5.86. The van der Waals surface area contributed by atoms with Crippen LogP contribution in [0.4, 0.5) is 5.69 Å². The molecule has 3 nitrogen and oxygen atoms in total. The zero-order valence-electron chi connectivity index (χ0n) is 13.7. The van der Waals surface area contributed by atoms with Crippen LogP contribution in [0.2, 0.25) is 0 Å². The van der Waals surface area contributed by atoms with Crippen molar-refractivity contribution in [3.8, 4) is 5.75 Å². The molecule has 0 saturated heterocycles. The highest BCUT2D eigenvalue weighted by atomic mass is 32.2. The predicted octanol–water partition coefficient (Wildman–Crippen LogP) is 5.09. The van der Waals surface area contributed by atoms with Gasteiger partial charge in [0.1, 0.15) is 5.75 Å². The number of benzene rings is 1. The summed E-state index contributed by atoms with van der Waals surface area (Å²) in [5.74, 6) is 1.80. The van der Waals surface area contributed by atoms with E-state index in [0.29, 0.717) is 0 Å². The van der Waals surface area contributed by atoms with Crippen LogP contribution in [0.1, 0.15) is 36.6 Å². The normalized spacial score (nSPS) is 12.9. The third kappa shape index (κ3) is 3.94. The molecule has 0 amide bonds. The van der Waals surface area contributed by atoms with Crippen molar-refractivity contribution < 1.29 is 4.74 Å². The van der Waals surface area contributed by atoms with Crippen LogP contribution in [-0.4, -0.2) is 16.6 Å². The third-order valence-electron chi connectivity index (χ3n) is 3.97. The molecule has 23 heavy (non-hydrogen) atoms. The number of nitrogens with zero attached hydrogens (tertiary/aromatic N) is 2. The van der Waals surface area contributed by atoms with Crippen LogP contribution in [0.15, 0.2) is 41.5 Å². The minimum atomic E-state index is 0.774. The molecule has 1 aromatic heterocycles. The van der Waals surface area contributed by atoms with Crippen molar-refractivity contribution >= 4 is 22.5 Å². The van der Waals surface area contributed by atoms with E-state index in [1.807, 2.05) is 18.3 Å². The van der Waals surface area contributed by atoms with E-state index in [1.54, 1.807) is 11.8 Å². The molecule has 0 bridgehead atoms. The van der Waals surface area contributed by atoms with Crippen molar-refractivity contribution in [1.82, 2.24) is 4.98 Å². The van der Waals surface area contributed by atoms with Crippen LogP contribution >= 0.6 is 11.8 Å². The van der Waals surface area contributed by atoms with Gasteiger partial charge >= 0.3 is 0 Å². The fourth-order valence-corrected chi connectivity index (χ4v) is 3.54. The van der Waals surface area contributed by atoms with Crippen molar-refractivity contribution in [1.29, 1.82) is 0 Å². The Labute approximate surface area is 142 Å². The number of fused-ring (bicyclic) bond motifs is 1. The van der Waals surface area contributed by atoms with E-state index in [2.05, 4.69) is 37.0 Å². The van der Waals surface area contributed by atoms with Gasteiger partial charge in [-0.2, -0.15) is 0 Å². The number of para-hydroxylation sites is 1. The Hall–Kier alpha value is -1.81. The van der Waals surface area contributed by atoms with Crippen molar-refractivity contribution in [2.24, 2.45) is 4.99 Å². The molecule has 0 fully saturated rings. The van der Waals surface area contributed by atoms with Crippen molar-refractivity contribution in [2.75, 3.05) is 6.61 Å². The van der Waals surface area contributed by atoms with Gasteiger partial charge in [0.05, 0.1) is 23.0 Å². The molecule has 1 aliphatic heterocycles. The fourth-order valence-electron chi connectivity index (χ4n) is 2.53. The van der Waals surface area contributed by atoms with Gasteiger partial charge in [0.15, 0.2) is 0 Å². The molecule has 1 aromatic carbocycles. The second-order valence-corrected chi connectivity index (χ2v) is 6.73. The van der Waals surface area contributed by atoms with E-state index in [1.165, 1.54) is 10.6 Å². The smallest absolute Gasteiger partial charge is 0.125 e. The minimum Gasteiger partial charge on any atom is -0.493 e. The minimum absolute atomic E-state index is 0.774. The molecule has 0 saturated carbocycles. The van der Waals surface area contributed by atoms with Gasteiger partial charge in [0.25, 0.3) is 0 Å². The number of ether oxygens (including phenoxy) is 1. The molecule has 0 N–H and O–H groups in total. The summed E-state index contributed by atoms with van der Waals surface area (Å²) in [5, 5.41) is 1.17. The number of thioether (sulfide) groups is 1. The lowest BCUT2D eigenvalue weighted by atomic mass is 10.2. The van der Waals surface area contributed by atoms with Gasteiger partial charge in [-0.15, -0.1) is 11.8 Å². The number of unbranched alkanes of at least 4 members (excludes halogenated alkanes) is 1. The number of rotatable bonds is 6. The number of aliphatic imine (C=N–C) groups is 1. The van der Waals surface area contributed by atoms with E-state index < -0.39 is 0 Å². The van der Waals surface area contributed by atoms with Crippen molar-refractivity contribution in [2.45, 2.75) is 38.9 Å². The van der Waals surface area contributed by atoms with Gasteiger partial charge in [-0.05, 0) is 31.0 Å². The zero-order valence-corrected chi connectivity index (χ0v) is 14.5. The van der Waals surface area contributed by atoms with Crippen LogP contribution in [0, 0.1) is 6.92 Å². The highest BCUT2D eigenvalue weighted by Crippen LogP contribution is 2.32. The van der Waals surface area contributed by atoms with E-state index in [4.69, 9.17) is 9.73 Å². The number of aromatic nitrogens is 1. The first-order chi connectivity index (χ1) is 11.3. The van der Waals surface area contributed by atoms with Gasteiger partial charge in [0, 0.05) is 23.9 Å². The first kappa shape index (κ1) is 16.1. The number of hydrogen-bond donors (Lipinski definition) is 0. The average molecular weight is 326 g/mol. The van der Waals surface area contributed by atoms with Gasteiger partial charge in [0.2, 0.25) is 0 Å². The molecule has 0 atom stereocenters. The van der Waals surface area contributed by atoms with Crippen molar-refractivity contribution in [3.63, 3.8) is 0 Å². The lowest BCUT2D eigenvalue weighted by molar-refractivity contribution is 0.306. The molecule has 0 spiro atoms. The summed E-state index contributed by atoms with van der Waals surface area (Å²) >= 11 is 1.78. The maximum Gasteiger partial charge on any atom is 0.125 e.